The van der Waals surface area contributed by atoms with E-state index in [1.807, 2.05) is 0 Å². The SMILES string of the molecule is O=C(Nc1ccc(C(=O)O)cn1)NC1CCOC1. The minimum Gasteiger partial charge on any atom is -0.478 e. The molecule has 1 aromatic rings. The van der Waals surface area contributed by atoms with E-state index >= 15 is 0 Å². The van der Waals surface area contributed by atoms with Crippen molar-refractivity contribution in [1.29, 1.82) is 0 Å². The molecule has 2 rings (SSSR count). The van der Waals surface area contributed by atoms with E-state index in [4.69, 9.17) is 9.84 Å². The van der Waals surface area contributed by atoms with Crippen LogP contribution in [0.25, 0.3) is 0 Å². The lowest BCUT2D eigenvalue weighted by Crippen LogP contribution is -2.38. The molecular weight excluding hydrogens is 238 g/mol. The Bertz CT molecular complexity index is 440. The van der Waals surface area contributed by atoms with Crippen molar-refractivity contribution < 1.29 is 19.4 Å². The Morgan fingerprint density at radius 1 is 1.44 bits per heavy atom. The van der Waals surface area contributed by atoms with Crippen molar-refractivity contribution in [1.82, 2.24) is 10.3 Å². The van der Waals surface area contributed by atoms with Gasteiger partial charge in [0, 0.05) is 12.8 Å². The molecule has 18 heavy (non-hydrogen) atoms. The van der Waals surface area contributed by atoms with Crippen LogP contribution < -0.4 is 10.6 Å². The van der Waals surface area contributed by atoms with Gasteiger partial charge >= 0.3 is 12.0 Å². The number of aromatic nitrogens is 1. The number of carbonyl (C=O) groups excluding carboxylic acids is 1. The van der Waals surface area contributed by atoms with Crippen LogP contribution in [0.2, 0.25) is 0 Å². The van der Waals surface area contributed by atoms with Gasteiger partial charge in [0.15, 0.2) is 0 Å². The van der Waals surface area contributed by atoms with Gasteiger partial charge in [-0.25, -0.2) is 14.6 Å². The number of ether oxygens (including phenoxy) is 1. The molecular formula is C11H13N3O4. The Kier molecular flexibility index (Phi) is 3.73. The number of hydrogen-bond donors (Lipinski definition) is 3. The van der Waals surface area contributed by atoms with Crippen LogP contribution in [0.3, 0.4) is 0 Å². The molecule has 3 N–H and O–H groups in total. The van der Waals surface area contributed by atoms with Gasteiger partial charge in [-0.2, -0.15) is 0 Å². The highest BCUT2D eigenvalue weighted by molar-refractivity contribution is 5.90. The van der Waals surface area contributed by atoms with E-state index in [9.17, 15) is 9.59 Å². The normalized spacial score (nSPS) is 18.3. The fraction of sp³-hybridized carbons (Fsp3) is 0.364. The zero-order valence-corrected chi connectivity index (χ0v) is 9.55. The molecule has 7 heteroatoms. The maximum atomic E-state index is 11.6. The summed E-state index contributed by atoms with van der Waals surface area (Å²) >= 11 is 0. The molecule has 0 aliphatic carbocycles. The van der Waals surface area contributed by atoms with Crippen molar-refractivity contribution in [2.45, 2.75) is 12.5 Å². The monoisotopic (exact) mass is 251 g/mol. The third-order valence-corrected chi connectivity index (χ3v) is 2.52. The molecule has 0 bridgehead atoms. The van der Waals surface area contributed by atoms with Crippen LogP contribution in [-0.2, 0) is 4.74 Å². The van der Waals surface area contributed by atoms with Crippen LogP contribution in [0.1, 0.15) is 16.8 Å². The molecule has 1 saturated heterocycles. The number of pyridine rings is 1. The number of rotatable bonds is 3. The molecule has 0 spiro atoms. The molecule has 2 amide bonds. The van der Waals surface area contributed by atoms with Gasteiger partial charge in [-0.1, -0.05) is 0 Å². The predicted octanol–water partition coefficient (Wildman–Crippen LogP) is 0.690. The van der Waals surface area contributed by atoms with E-state index in [0.717, 1.165) is 6.42 Å². The van der Waals surface area contributed by atoms with Gasteiger partial charge < -0.3 is 15.2 Å². The highest BCUT2D eigenvalue weighted by Crippen LogP contribution is 2.06. The Hall–Kier alpha value is -2.15. The third kappa shape index (κ3) is 3.17. The van der Waals surface area contributed by atoms with Crippen LogP contribution in [0.15, 0.2) is 18.3 Å². The molecule has 1 aliphatic rings. The van der Waals surface area contributed by atoms with E-state index in [2.05, 4.69) is 15.6 Å². The van der Waals surface area contributed by atoms with Crippen molar-refractivity contribution in [2.75, 3.05) is 18.5 Å². The summed E-state index contributed by atoms with van der Waals surface area (Å²) in [5.41, 5.74) is 0.0742. The van der Waals surface area contributed by atoms with Crippen molar-refractivity contribution in [3.8, 4) is 0 Å². The van der Waals surface area contributed by atoms with E-state index in [1.165, 1.54) is 18.3 Å². The average Bonchev–Trinajstić information content (AvgIpc) is 2.82. The van der Waals surface area contributed by atoms with Crippen molar-refractivity contribution >= 4 is 17.8 Å². The standard InChI is InChI=1S/C11H13N3O4/c15-10(16)7-1-2-9(12-5-7)14-11(17)13-8-3-4-18-6-8/h1-2,5,8H,3-4,6H2,(H,15,16)(H2,12,13,14,17). The zero-order chi connectivity index (χ0) is 13.0. The molecule has 2 heterocycles. The highest BCUT2D eigenvalue weighted by atomic mass is 16.5. The highest BCUT2D eigenvalue weighted by Gasteiger charge is 2.17. The number of hydrogen-bond acceptors (Lipinski definition) is 4. The third-order valence-electron chi connectivity index (χ3n) is 2.52. The predicted molar refractivity (Wildman–Crippen MR) is 62.6 cm³/mol. The van der Waals surface area contributed by atoms with Crippen LogP contribution in [0, 0.1) is 0 Å². The maximum absolute atomic E-state index is 11.6. The number of anilines is 1. The molecule has 0 aromatic carbocycles. The summed E-state index contributed by atoms with van der Waals surface area (Å²) in [6.07, 6.45) is 1.98. The molecule has 1 aliphatic heterocycles. The minimum absolute atomic E-state index is 0.0169. The number of urea groups is 1. The Balaban J connectivity index is 1.88. The fourth-order valence-electron chi connectivity index (χ4n) is 1.58. The first-order chi connectivity index (χ1) is 8.65. The number of nitrogens with zero attached hydrogens (tertiary/aromatic N) is 1. The topological polar surface area (TPSA) is 101 Å². The van der Waals surface area contributed by atoms with Gasteiger partial charge in [-0.05, 0) is 18.6 Å². The second-order valence-corrected chi connectivity index (χ2v) is 3.90. The summed E-state index contributed by atoms with van der Waals surface area (Å²) < 4.78 is 5.13. The zero-order valence-electron chi connectivity index (χ0n) is 9.55. The van der Waals surface area contributed by atoms with Crippen LogP contribution >= 0.6 is 0 Å². The Morgan fingerprint density at radius 3 is 2.83 bits per heavy atom. The fourth-order valence-corrected chi connectivity index (χ4v) is 1.58. The quantitative estimate of drug-likeness (QED) is 0.733. The summed E-state index contributed by atoms with van der Waals surface area (Å²) in [4.78, 5) is 26.0. The first kappa shape index (κ1) is 12.3. The molecule has 96 valence electrons. The van der Waals surface area contributed by atoms with E-state index < -0.39 is 5.97 Å². The summed E-state index contributed by atoms with van der Waals surface area (Å²) in [5, 5.41) is 14.0. The number of nitrogens with one attached hydrogen (secondary N) is 2. The molecule has 1 fully saturated rings. The molecule has 0 radical (unpaired) electrons. The van der Waals surface area contributed by atoms with Crippen molar-refractivity contribution in [3.05, 3.63) is 23.9 Å². The first-order valence-electron chi connectivity index (χ1n) is 5.50. The van der Waals surface area contributed by atoms with Crippen LogP contribution in [0.4, 0.5) is 10.6 Å². The van der Waals surface area contributed by atoms with Crippen LogP contribution in [-0.4, -0.2) is 41.3 Å². The Morgan fingerprint density at radius 2 is 2.28 bits per heavy atom. The number of carboxylic acids is 1. The summed E-state index contributed by atoms with van der Waals surface area (Å²) in [5.74, 6) is -0.752. The first-order valence-corrected chi connectivity index (χ1v) is 5.50. The smallest absolute Gasteiger partial charge is 0.337 e. The molecule has 1 atom stereocenters. The molecule has 1 aromatic heterocycles. The second-order valence-electron chi connectivity index (χ2n) is 3.90. The summed E-state index contributed by atoms with van der Waals surface area (Å²) in [6.45, 7) is 1.16. The number of aromatic carboxylic acids is 1. The van der Waals surface area contributed by atoms with E-state index in [-0.39, 0.29) is 17.6 Å². The molecule has 0 saturated carbocycles. The molecule has 1 unspecified atom stereocenters. The lowest BCUT2D eigenvalue weighted by atomic mass is 10.3. The van der Waals surface area contributed by atoms with E-state index in [1.54, 1.807) is 0 Å². The van der Waals surface area contributed by atoms with Gasteiger partial charge in [-0.15, -0.1) is 0 Å². The van der Waals surface area contributed by atoms with Crippen molar-refractivity contribution in [3.63, 3.8) is 0 Å². The lowest BCUT2D eigenvalue weighted by molar-refractivity contribution is 0.0696. The summed E-state index contributed by atoms with van der Waals surface area (Å²) in [7, 11) is 0. The van der Waals surface area contributed by atoms with Crippen molar-refractivity contribution in [2.24, 2.45) is 0 Å². The Labute approximate surface area is 103 Å². The number of amides is 2. The van der Waals surface area contributed by atoms with Gasteiger partial charge in [0.1, 0.15) is 5.82 Å². The van der Waals surface area contributed by atoms with E-state index in [0.29, 0.717) is 19.0 Å². The van der Waals surface area contributed by atoms with Gasteiger partial charge in [-0.3, -0.25) is 5.32 Å². The maximum Gasteiger partial charge on any atom is 0.337 e. The van der Waals surface area contributed by atoms with Gasteiger partial charge in [0.05, 0.1) is 18.2 Å². The van der Waals surface area contributed by atoms with Crippen LogP contribution in [0.5, 0.6) is 0 Å². The van der Waals surface area contributed by atoms with Gasteiger partial charge in [0.2, 0.25) is 0 Å². The second kappa shape index (κ2) is 5.46. The molecule has 7 nitrogen and oxygen atoms in total. The lowest BCUT2D eigenvalue weighted by Gasteiger charge is -2.11. The average molecular weight is 251 g/mol. The minimum atomic E-state index is -1.05. The number of carboxylic acid groups (broad SMARTS) is 1. The van der Waals surface area contributed by atoms with Gasteiger partial charge in [0.25, 0.3) is 0 Å². The number of carbonyl (C=O) groups is 2. The summed E-state index contributed by atoms with van der Waals surface area (Å²) in [6, 6.07) is 2.46. The largest absolute Gasteiger partial charge is 0.478 e.